The average molecular weight is 355 g/mol. The van der Waals surface area contributed by atoms with Gasteiger partial charge in [0.1, 0.15) is 0 Å². The summed E-state index contributed by atoms with van der Waals surface area (Å²) in [4.78, 5) is 18.7. The van der Waals surface area contributed by atoms with Crippen molar-refractivity contribution in [2.75, 3.05) is 5.75 Å². The topological polar surface area (TPSA) is 42.0 Å². The number of nitrogens with one attached hydrogen (secondary N) is 1. The van der Waals surface area contributed by atoms with E-state index in [0.29, 0.717) is 13.0 Å². The molecule has 122 valence electrons. The minimum atomic E-state index is 0.0768. The van der Waals surface area contributed by atoms with E-state index in [2.05, 4.69) is 28.5 Å². The molecular weight excluding hydrogens is 336 g/mol. The number of pyridine rings is 1. The molecule has 24 heavy (non-hydrogen) atoms. The van der Waals surface area contributed by atoms with Crippen LogP contribution in [0.5, 0.6) is 0 Å². The van der Waals surface area contributed by atoms with Gasteiger partial charge >= 0.3 is 0 Å². The Morgan fingerprint density at radius 1 is 1.12 bits per heavy atom. The minimum Gasteiger partial charge on any atom is -0.352 e. The van der Waals surface area contributed by atoms with Gasteiger partial charge in [-0.05, 0) is 41.3 Å². The Hall–Kier alpha value is -2.11. The smallest absolute Gasteiger partial charge is 0.221 e. The van der Waals surface area contributed by atoms with Gasteiger partial charge in [-0.2, -0.15) is 0 Å². The fourth-order valence-electron chi connectivity index (χ4n) is 2.21. The normalized spacial score (nSPS) is 10.5. The summed E-state index contributed by atoms with van der Waals surface area (Å²) in [6.45, 7) is 0.537. The number of carbonyl (C=O) groups excluding carboxylic acids is 1. The standard InChI is InChI=1S/C19H18N2OS2/c22-19(9-12-23-16-5-2-1-3-6-16)21-14-15-8-10-20-17(13-15)18-7-4-11-24-18/h1-8,10-11,13H,9,12,14H2,(H,21,22). The lowest BCUT2D eigenvalue weighted by Crippen LogP contribution is -2.23. The predicted octanol–water partition coefficient (Wildman–Crippen LogP) is 4.61. The van der Waals surface area contributed by atoms with E-state index >= 15 is 0 Å². The van der Waals surface area contributed by atoms with E-state index in [1.54, 1.807) is 29.3 Å². The Morgan fingerprint density at radius 3 is 2.79 bits per heavy atom. The Bertz CT molecular complexity index is 773. The molecule has 1 N–H and O–H groups in total. The Balaban J connectivity index is 1.45. The molecule has 1 amide bonds. The Kier molecular flexibility index (Phi) is 6.04. The van der Waals surface area contributed by atoms with E-state index in [-0.39, 0.29) is 5.91 Å². The van der Waals surface area contributed by atoms with Gasteiger partial charge in [0.2, 0.25) is 5.91 Å². The zero-order valence-electron chi connectivity index (χ0n) is 13.1. The van der Waals surface area contributed by atoms with Crippen LogP contribution in [0.15, 0.2) is 71.1 Å². The molecule has 0 atom stereocenters. The molecule has 0 saturated heterocycles. The molecule has 0 aliphatic rings. The van der Waals surface area contributed by atoms with Gasteiger partial charge in [-0.1, -0.05) is 24.3 Å². The summed E-state index contributed by atoms with van der Waals surface area (Å²) in [6.07, 6.45) is 2.31. The first-order chi connectivity index (χ1) is 11.8. The number of benzene rings is 1. The van der Waals surface area contributed by atoms with Crippen LogP contribution in [0, 0.1) is 0 Å². The van der Waals surface area contributed by atoms with Gasteiger partial charge in [0.05, 0.1) is 10.6 Å². The van der Waals surface area contributed by atoms with Gasteiger partial charge < -0.3 is 5.32 Å². The highest BCUT2D eigenvalue weighted by Crippen LogP contribution is 2.23. The Morgan fingerprint density at radius 2 is 2.00 bits per heavy atom. The third-order valence-corrected chi connectivity index (χ3v) is 5.33. The van der Waals surface area contributed by atoms with Crippen LogP contribution < -0.4 is 5.32 Å². The maximum atomic E-state index is 12.0. The number of thioether (sulfide) groups is 1. The second kappa shape index (κ2) is 8.66. The zero-order valence-corrected chi connectivity index (χ0v) is 14.8. The Labute approximate surface area is 150 Å². The first kappa shape index (κ1) is 16.7. The van der Waals surface area contributed by atoms with Crippen LogP contribution in [0.3, 0.4) is 0 Å². The van der Waals surface area contributed by atoms with Gasteiger partial charge in [-0.25, -0.2) is 0 Å². The molecule has 1 aromatic carbocycles. The molecule has 0 aliphatic carbocycles. The molecule has 0 radical (unpaired) electrons. The van der Waals surface area contributed by atoms with Gasteiger partial charge in [-0.3, -0.25) is 9.78 Å². The molecule has 0 spiro atoms. The van der Waals surface area contributed by atoms with E-state index in [1.165, 1.54) is 4.90 Å². The number of hydrogen-bond acceptors (Lipinski definition) is 4. The van der Waals surface area contributed by atoms with Gasteiger partial charge in [0, 0.05) is 29.8 Å². The molecule has 3 rings (SSSR count). The minimum absolute atomic E-state index is 0.0768. The summed E-state index contributed by atoms with van der Waals surface area (Å²) in [6, 6.07) is 18.2. The average Bonchev–Trinajstić information content (AvgIpc) is 3.16. The van der Waals surface area contributed by atoms with Crippen LogP contribution in [0.2, 0.25) is 0 Å². The molecule has 2 aromatic heterocycles. The molecule has 5 heteroatoms. The van der Waals surface area contributed by atoms with Crippen molar-refractivity contribution in [2.45, 2.75) is 17.9 Å². The lowest BCUT2D eigenvalue weighted by molar-refractivity contribution is -0.120. The fraction of sp³-hybridized carbons (Fsp3) is 0.158. The molecule has 0 bridgehead atoms. The molecule has 0 saturated carbocycles. The van der Waals surface area contributed by atoms with Crippen molar-refractivity contribution < 1.29 is 4.79 Å². The summed E-state index contributed by atoms with van der Waals surface area (Å²) in [5, 5.41) is 5.02. The van der Waals surface area contributed by atoms with Crippen molar-refractivity contribution >= 4 is 29.0 Å². The number of hydrogen-bond donors (Lipinski definition) is 1. The SMILES string of the molecule is O=C(CCSc1ccccc1)NCc1ccnc(-c2cccs2)c1. The summed E-state index contributed by atoms with van der Waals surface area (Å²) in [7, 11) is 0. The monoisotopic (exact) mass is 354 g/mol. The quantitative estimate of drug-likeness (QED) is 0.630. The van der Waals surface area contributed by atoms with Crippen molar-refractivity contribution in [3.8, 4) is 10.6 Å². The van der Waals surface area contributed by atoms with Crippen LogP contribution in [0.4, 0.5) is 0 Å². The number of carbonyl (C=O) groups is 1. The zero-order chi connectivity index (χ0) is 16.6. The number of rotatable bonds is 7. The van der Waals surface area contributed by atoms with E-state index in [9.17, 15) is 4.79 Å². The molecule has 0 aliphatic heterocycles. The third kappa shape index (κ3) is 4.94. The van der Waals surface area contributed by atoms with Crippen LogP contribution in [0.1, 0.15) is 12.0 Å². The van der Waals surface area contributed by atoms with Gasteiger partial charge in [-0.15, -0.1) is 23.1 Å². The van der Waals surface area contributed by atoms with E-state index in [1.807, 2.05) is 41.8 Å². The van der Waals surface area contributed by atoms with E-state index < -0.39 is 0 Å². The van der Waals surface area contributed by atoms with Crippen LogP contribution in [0.25, 0.3) is 10.6 Å². The lowest BCUT2D eigenvalue weighted by Gasteiger charge is -2.06. The lowest BCUT2D eigenvalue weighted by atomic mass is 10.2. The van der Waals surface area contributed by atoms with Crippen LogP contribution in [-0.2, 0) is 11.3 Å². The highest BCUT2D eigenvalue weighted by atomic mass is 32.2. The van der Waals surface area contributed by atoms with Gasteiger partial charge in [0.25, 0.3) is 0 Å². The van der Waals surface area contributed by atoms with Crippen molar-refractivity contribution in [2.24, 2.45) is 0 Å². The molecule has 0 fully saturated rings. The summed E-state index contributed by atoms with van der Waals surface area (Å²) < 4.78 is 0. The molecule has 3 nitrogen and oxygen atoms in total. The van der Waals surface area contributed by atoms with Crippen LogP contribution >= 0.6 is 23.1 Å². The van der Waals surface area contributed by atoms with Gasteiger partial charge in [0.15, 0.2) is 0 Å². The first-order valence-electron chi connectivity index (χ1n) is 7.74. The van der Waals surface area contributed by atoms with Crippen molar-refractivity contribution in [1.82, 2.24) is 10.3 Å². The van der Waals surface area contributed by atoms with E-state index in [4.69, 9.17) is 0 Å². The first-order valence-corrected chi connectivity index (χ1v) is 9.61. The molecule has 0 unspecified atom stereocenters. The number of aromatic nitrogens is 1. The summed E-state index contributed by atoms with van der Waals surface area (Å²) in [5.74, 6) is 0.861. The molecule has 3 aromatic rings. The number of amides is 1. The number of thiophene rings is 1. The van der Waals surface area contributed by atoms with Crippen LogP contribution in [-0.4, -0.2) is 16.6 Å². The second-order valence-corrected chi connectivity index (χ2v) is 7.33. The van der Waals surface area contributed by atoms with Crippen molar-refractivity contribution in [3.05, 3.63) is 71.7 Å². The summed E-state index contributed by atoms with van der Waals surface area (Å²) in [5.41, 5.74) is 2.02. The number of nitrogens with zero attached hydrogens (tertiary/aromatic N) is 1. The molecule has 2 heterocycles. The predicted molar refractivity (Wildman–Crippen MR) is 101 cm³/mol. The molecular formula is C19H18N2OS2. The van der Waals surface area contributed by atoms with Crippen molar-refractivity contribution in [3.63, 3.8) is 0 Å². The van der Waals surface area contributed by atoms with E-state index in [0.717, 1.165) is 21.9 Å². The fourth-order valence-corrected chi connectivity index (χ4v) is 3.78. The second-order valence-electron chi connectivity index (χ2n) is 5.21. The maximum absolute atomic E-state index is 12.0. The largest absolute Gasteiger partial charge is 0.352 e. The highest BCUT2D eigenvalue weighted by molar-refractivity contribution is 7.99. The highest BCUT2D eigenvalue weighted by Gasteiger charge is 2.05. The maximum Gasteiger partial charge on any atom is 0.221 e. The third-order valence-electron chi connectivity index (χ3n) is 3.43. The van der Waals surface area contributed by atoms with Crippen molar-refractivity contribution in [1.29, 1.82) is 0 Å². The summed E-state index contributed by atoms with van der Waals surface area (Å²) >= 11 is 3.37.